The molecule has 0 saturated carbocycles. The van der Waals surface area contributed by atoms with Crippen LogP contribution in [0.5, 0.6) is 0 Å². The quantitative estimate of drug-likeness (QED) is 0.0528. The molecule has 1 aromatic heterocycles. The average molecular weight is 800 g/mol. The Hall–Kier alpha value is -6.24. The zero-order chi connectivity index (χ0) is 41.6. The predicted molar refractivity (Wildman–Crippen MR) is 222 cm³/mol. The molecule has 1 fully saturated rings. The molecule has 4 aromatic carbocycles. The van der Waals surface area contributed by atoms with E-state index in [1.54, 1.807) is 24.8 Å². The molecule has 0 spiro atoms. The molecule has 59 heavy (non-hydrogen) atoms. The Labute approximate surface area is 343 Å². The number of carbonyl (C=O) groups excluding carboxylic acids is 4. The highest BCUT2D eigenvalue weighted by Crippen LogP contribution is 2.44. The Balaban J connectivity index is 0.997. The number of amides is 2. The number of para-hydroxylation sites is 1. The third kappa shape index (κ3) is 9.40. The van der Waals surface area contributed by atoms with E-state index in [4.69, 9.17) is 23.8 Å². The first-order chi connectivity index (χ1) is 28.5. The van der Waals surface area contributed by atoms with Crippen LogP contribution in [0.25, 0.3) is 28.1 Å². The van der Waals surface area contributed by atoms with Gasteiger partial charge in [-0.2, -0.15) is 0 Å². The Bertz CT molecular complexity index is 2310. The Morgan fingerprint density at radius 2 is 1.44 bits per heavy atom. The Kier molecular flexibility index (Phi) is 12.6. The highest BCUT2D eigenvalue weighted by atomic mass is 16.8. The molecule has 0 unspecified atom stereocenters. The summed E-state index contributed by atoms with van der Waals surface area (Å²) in [4.78, 5) is 61.1. The molecule has 0 radical (unpaired) electrons. The second-order valence-electron chi connectivity index (χ2n) is 15.1. The fourth-order valence-corrected chi connectivity index (χ4v) is 8.09. The van der Waals surface area contributed by atoms with Gasteiger partial charge in [-0.3, -0.25) is 14.4 Å². The van der Waals surface area contributed by atoms with Crippen LogP contribution in [0.15, 0.2) is 103 Å². The number of carbonyl (C=O) groups is 4. The van der Waals surface area contributed by atoms with Crippen LogP contribution >= 0.6 is 0 Å². The van der Waals surface area contributed by atoms with Crippen molar-refractivity contribution in [1.82, 2.24) is 15.4 Å². The van der Waals surface area contributed by atoms with Gasteiger partial charge in [-0.1, -0.05) is 97.9 Å². The minimum Gasteiger partial charge on any atom is -0.458 e. The summed E-state index contributed by atoms with van der Waals surface area (Å²) in [7, 11) is 0. The number of hydrogen-bond donors (Lipinski definition) is 2. The van der Waals surface area contributed by atoms with Crippen molar-refractivity contribution in [2.75, 3.05) is 13.2 Å². The van der Waals surface area contributed by atoms with Crippen LogP contribution in [0.2, 0.25) is 0 Å². The van der Waals surface area contributed by atoms with E-state index in [-0.39, 0.29) is 12.5 Å². The summed E-state index contributed by atoms with van der Waals surface area (Å²) in [5.41, 5.74) is 12.0. The number of aromatic amines is 1. The molecule has 306 valence electrons. The maximum Gasteiger partial charge on any atom is 0.410 e. The molecule has 5 aromatic rings. The number of H-pyrrole nitrogens is 1. The number of aryl methyl sites for hydroxylation is 1. The predicted octanol–water partition coefficient (Wildman–Crippen LogP) is 7.78. The number of hydrogen-bond acceptors (Lipinski definition) is 9. The lowest BCUT2D eigenvalue weighted by molar-refractivity contribution is -0.292. The van der Waals surface area contributed by atoms with E-state index < -0.39 is 54.5 Å². The summed E-state index contributed by atoms with van der Waals surface area (Å²) >= 11 is 0. The molecule has 2 aliphatic rings. The van der Waals surface area contributed by atoms with Crippen LogP contribution in [0.4, 0.5) is 4.79 Å². The molecule has 1 aliphatic carbocycles. The molecule has 12 heteroatoms. The summed E-state index contributed by atoms with van der Waals surface area (Å²) in [6.07, 6.45) is -0.115. The van der Waals surface area contributed by atoms with E-state index in [0.717, 1.165) is 44.4 Å². The molecule has 1 saturated heterocycles. The third-order valence-electron chi connectivity index (χ3n) is 11.0. The molecule has 2 N–H and O–H groups in total. The topological polar surface area (TPSA) is 145 Å². The van der Waals surface area contributed by atoms with Crippen LogP contribution in [-0.2, 0) is 51.1 Å². The molecule has 7 rings (SSSR count). The average Bonchev–Trinajstić information content (AvgIpc) is 3.72. The third-order valence-corrected chi connectivity index (χ3v) is 11.0. The maximum atomic E-state index is 14.0. The van der Waals surface area contributed by atoms with Crippen LogP contribution in [-0.4, -0.2) is 71.6 Å². The molecule has 12 nitrogen and oxygen atoms in total. The zero-order valence-corrected chi connectivity index (χ0v) is 33.8. The highest BCUT2D eigenvalue weighted by Gasteiger charge is 2.47. The molecular weight excluding hydrogens is 751 g/mol. The second-order valence-corrected chi connectivity index (χ2v) is 15.1. The summed E-state index contributed by atoms with van der Waals surface area (Å²) < 4.78 is 22.8. The van der Waals surface area contributed by atoms with Crippen LogP contribution in [0.1, 0.15) is 67.1 Å². The van der Waals surface area contributed by atoms with Gasteiger partial charge in [0.15, 0.2) is 12.4 Å². The first-order valence-electron chi connectivity index (χ1n) is 19.9. The normalized spacial score (nSPS) is 19.8. The van der Waals surface area contributed by atoms with Gasteiger partial charge in [0.05, 0.1) is 12.0 Å². The number of ether oxygens (including phenoxy) is 4. The molecule has 2 amide bonds. The summed E-state index contributed by atoms with van der Waals surface area (Å²) in [5.74, 6) is -2.26. The summed E-state index contributed by atoms with van der Waals surface area (Å²) in [6, 6.07) is 32.3. The lowest BCUT2D eigenvalue weighted by Crippen LogP contribution is -2.57. The van der Waals surface area contributed by atoms with Gasteiger partial charge in [-0.15, -0.1) is 0 Å². The van der Waals surface area contributed by atoms with Gasteiger partial charge in [0.1, 0.15) is 12.7 Å². The van der Waals surface area contributed by atoms with E-state index in [2.05, 4.69) is 53.8 Å². The zero-order valence-electron chi connectivity index (χ0n) is 33.8. The number of nitrogens with zero attached hydrogens (tertiary/aromatic N) is 1. The lowest BCUT2D eigenvalue weighted by atomic mass is 9.92. The number of fused-ring (bicyclic) bond motifs is 4. The molecule has 0 bridgehead atoms. The monoisotopic (exact) mass is 799 g/mol. The molecule has 1 aliphatic heterocycles. The second kappa shape index (κ2) is 18.1. The standard InChI is InChI=1S/C47H49N3O9/c1-28-44(57-31(4)51)45(58-32(5)52)30(3)56-46(28)59-49-43(53)23-22-33-18-20-34(21-19-33)26-50(25-24-35-29(2)48-42-17-11-10-16-40(35)42)47(54)55-27-41-38-14-8-6-12-36(38)37-13-7-9-15-39(37)41/h6-23,28,30,41,44-46,48H,24-27H2,1-5H3,(H,49,53)/b23-22+/t28-,30-,44-,45+,46-/m0/s1. The van der Waals surface area contributed by atoms with Crippen LogP contribution < -0.4 is 5.48 Å². The fourth-order valence-electron chi connectivity index (χ4n) is 8.09. The van der Waals surface area contributed by atoms with Gasteiger partial charge < -0.3 is 28.8 Å². The number of esters is 2. The van der Waals surface area contributed by atoms with Crippen molar-refractivity contribution in [3.8, 4) is 11.1 Å². The number of benzene rings is 4. The number of nitrogens with one attached hydrogen (secondary N) is 2. The van der Waals surface area contributed by atoms with E-state index in [1.165, 1.54) is 31.1 Å². The Morgan fingerprint density at radius 1 is 0.814 bits per heavy atom. The van der Waals surface area contributed by atoms with Gasteiger partial charge in [0.25, 0.3) is 5.91 Å². The minimum absolute atomic E-state index is 0.0581. The summed E-state index contributed by atoms with van der Waals surface area (Å²) in [5, 5.41) is 1.14. The Morgan fingerprint density at radius 3 is 2.12 bits per heavy atom. The van der Waals surface area contributed by atoms with Crippen molar-refractivity contribution in [3.63, 3.8) is 0 Å². The van der Waals surface area contributed by atoms with Gasteiger partial charge in [0.2, 0.25) is 0 Å². The number of rotatable bonds is 13. The number of aromatic nitrogens is 1. The van der Waals surface area contributed by atoms with E-state index in [1.807, 2.05) is 60.7 Å². The van der Waals surface area contributed by atoms with Crippen LogP contribution in [0.3, 0.4) is 0 Å². The van der Waals surface area contributed by atoms with Crippen molar-refractivity contribution in [3.05, 3.63) is 137 Å². The van der Waals surface area contributed by atoms with Crippen molar-refractivity contribution in [1.29, 1.82) is 0 Å². The largest absolute Gasteiger partial charge is 0.458 e. The van der Waals surface area contributed by atoms with Crippen molar-refractivity contribution >= 4 is 40.9 Å². The minimum atomic E-state index is -0.975. The summed E-state index contributed by atoms with van der Waals surface area (Å²) in [6.45, 7) is 8.94. The molecular formula is C47H49N3O9. The highest BCUT2D eigenvalue weighted by molar-refractivity contribution is 5.91. The smallest absolute Gasteiger partial charge is 0.410 e. The maximum absolute atomic E-state index is 14.0. The van der Waals surface area contributed by atoms with Crippen molar-refractivity contribution < 1.29 is 43.0 Å². The van der Waals surface area contributed by atoms with E-state index >= 15 is 0 Å². The van der Waals surface area contributed by atoms with Crippen molar-refractivity contribution in [2.24, 2.45) is 5.92 Å². The fraction of sp³-hybridized carbons (Fsp3) is 0.319. The van der Waals surface area contributed by atoms with Gasteiger partial charge in [-0.05, 0) is 71.4 Å². The molecule has 2 heterocycles. The first kappa shape index (κ1) is 40.9. The van der Waals surface area contributed by atoms with E-state index in [9.17, 15) is 19.2 Å². The van der Waals surface area contributed by atoms with Crippen molar-refractivity contribution in [2.45, 2.75) is 78.1 Å². The van der Waals surface area contributed by atoms with Crippen LogP contribution in [0, 0.1) is 12.8 Å². The number of hydroxylamine groups is 1. The van der Waals surface area contributed by atoms with Gasteiger partial charge in [0, 0.05) is 55.5 Å². The van der Waals surface area contributed by atoms with E-state index in [0.29, 0.717) is 19.5 Å². The first-order valence-corrected chi connectivity index (χ1v) is 19.9. The van der Waals surface area contributed by atoms with Gasteiger partial charge >= 0.3 is 18.0 Å². The van der Waals surface area contributed by atoms with Gasteiger partial charge in [-0.25, -0.2) is 15.1 Å². The molecule has 5 atom stereocenters. The lowest BCUT2D eigenvalue weighted by Gasteiger charge is -2.42. The SMILES string of the molecule is CC(=O)O[C@H]1[C@H](C)[C@H](ONC(=O)/C=C/c2ccc(CN(CCc3c(C)[nH]c4ccccc34)C(=O)OCC3c4ccccc4-c4ccccc43)cc2)O[C@@H](C)[C@H]1OC(C)=O.